The summed E-state index contributed by atoms with van der Waals surface area (Å²) >= 11 is 5.94. The molecular formula is C18H28ClN. The van der Waals surface area contributed by atoms with Gasteiger partial charge >= 0.3 is 0 Å². The van der Waals surface area contributed by atoms with Crippen molar-refractivity contribution in [2.24, 2.45) is 5.92 Å². The van der Waals surface area contributed by atoms with Gasteiger partial charge in [0, 0.05) is 11.1 Å². The SMILES string of the molecule is CCCCC(CC)CNC1CC(c2ccc(Cl)cc2)C1. The molecule has 1 aliphatic rings. The van der Waals surface area contributed by atoms with Gasteiger partial charge < -0.3 is 5.32 Å². The molecule has 0 amide bonds. The summed E-state index contributed by atoms with van der Waals surface area (Å²) in [5.41, 5.74) is 1.45. The second-order valence-corrected chi connectivity index (χ2v) is 6.68. The van der Waals surface area contributed by atoms with Crippen LogP contribution in [-0.2, 0) is 0 Å². The van der Waals surface area contributed by atoms with Gasteiger partial charge in [-0.1, -0.05) is 56.8 Å². The predicted octanol–water partition coefficient (Wildman–Crippen LogP) is 5.39. The van der Waals surface area contributed by atoms with Gasteiger partial charge in [-0.25, -0.2) is 0 Å². The number of rotatable bonds is 8. The Balaban J connectivity index is 1.67. The van der Waals surface area contributed by atoms with E-state index in [0.717, 1.165) is 22.9 Å². The van der Waals surface area contributed by atoms with Crippen LogP contribution in [0.3, 0.4) is 0 Å². The van der Waals surface area contributed by atoms with Crippen LogP contribution in [0.1, 0.15) is 63.9 Å². The topological polar surface area (TPSA) is 12.0 Å². The van der Waals surface area contributed by atoms with E-state index in [1.807, 2.05) is 12.1 Å². The zero-order valence-electron chi connectivity index (χ0n) is 12.9. The van der Waals surface area contributed by atoms with Crippen molar-refractivity contribution in [3.63, 3.8) is 0 Å². The maximum absolute atomic E-state index is 5.94. The van der Waals surface area contributed by atoms with Crippen molar-refractivity contribution in [2.75, 3.05) is 6.54 Å². The second kappa shape index (κ2) is 8.05. The number of halogens is 1. The Morgan fingerprint density at radius 1 is 1.20 bits per heavy atom. The summed E-state index contributed by atoms with van der Waals surface area (Å²) in [5, 5.41) is 4.60. The minimum atomic E-state index is 0.728. The van der Waals surface area contributed by atoms with Gasteiger partial charge in [-0.2, -0.15) is 0 Å². The molecule has 2 heteroatoms. The Morgan fingerprint density at radius 3 is 2.50 bits per heavy atom. The van der Waals surface area contributed by atoms with Crippen molar-refractivity contribution in [2.45, 2.75) is 64.3 Å². The van der Waals surface area contributed by atoms with Crippen LogP contribution >= 0.6 is 11.6 Å². The molecule has 0 aromatic heterocycles. The molecule has 0 bridgehead atoms. The van der Waals surface area contributed by atoms with Crippen LogP contribution in [0.25, 0.3) is 0 Å². The molecule has 1 aromatic carbocycles. The monoisotopic (exact) mass is 293 g/mol. The average Bonchev–Trinajstić information content (AvgIpc) is 2.42. The summed E-state index contributed by atoms with van der Waals surface area (Å²) in [5.74, 6) is 1.60. The highest BCUT2D eigenvalue weighted by atomic mass is 35.5. The standard InChI is InChI=1S/C18H28ClN/c1-3-5-6-14(4-2)13-20-18-11-16(12-18)15-7-9-17(19)10-8-15/h7-10,14,16,18,20H,3-6,11-13H2,1-2H3. The Morgan fingerprint density at radius 2 is 1.90 bits per heavy atom. The zero-order valence-corrected chi connectivity index (χ0v) is 13.6. The Hall–Kier alpha value is -0.530. The normalized spacial score (nSPS) is 23.4. The fourth-order valence-corrected chi connectivity index (χ4v) is 3.19. The summed E-state index contributed by atoms with van der Waals surface area (Å²) in [4.78, 5) is 0. The second-order valence-electron chi connectivity index (χ2n) is 6.24. The molecule has 0 aliphatic heterocycles. The molecule has 1 nitrogen and oxygen atoms in total. The Bertz CT molecular complexity index is 381. The molecule has 1 aromatic rings. The number of hydrogen-bond donors (Lipinski definition) is 1. The molecule has 1 atom stereocenters. The van der Waals surface area contributed by atoms with E-state index in [9.17, 15) is 0 Å². The number of benzene rings is 1. The van der Waals surface area contributed by atoms with E-state index in [1.54, 1.807) is 0 Å². The average molecular weight is 294 g/mol. The molecule has 1 N–H and O–H groups in total. The molecular weight excluding hydrogens is 266 g/mol. The van der Waals surface area contributed by atoms with E-state index in [4.69, 9.17) is 11.6 Å². The van der Waals surface area contributed by atoms with Gasteiger partial charge in [-0.05, 0) is 55.3 Å². The van der Waals surface area contributed by atoms with E-state index in [0.29, 0.717) is 0 Å². The molecule has 1 aliphatic carbocycles. The largest absolute Gasteiger partial charge is 0.314 e. The molecule has 1 unspecified atom stereocenters. The molecule has 112 valence electrons. The highest BCUT2D eigenvalue weighted by Crippen LogP contribution is 2.37. The lowest BCUT2D eigenvalue weighted by atomic mass is 9.75. The lowest BCUT2D eigenvalue weighted by Crippen LogP contribution is -2.42. The minimum absolute atomic E-state index is 0.728. The van der Waals surface area contributed by atoms with Crippen molar-refractivity contribution >= 4 is 11.6 Å². The third-order valence-electron chi connectivity index (χ3n) is 4.72. The molecule has 1 fully saturated rings. The van der Waals surface area contributed by atoms with Crippen molar-refractivity contribution in [3.8, 4) is 0 Å². The Labute approximate surface area is 129 Å². The molecule has 2 rings (SSSR count). The van der Waals surface area contributed by atoms with E-state index >= 15 is 0 Å². The molecule has 0 spiro atoms. The van der Waals surface area contributed by atoms with Crippen LogP contribution in [0.2, 0.25) is 5.02 Å². The molecule has 0 saturated heterocycles. The molecule has 0 heterocycles. The number of nitrogens with one attached hydrogen (secondary N) is 1. The lowest BCUT2D eigenvalue weighted by Gasteiger charge is -2.37. The zero-order chi connectivity index (χ0) is 14.4. The highest BCUT2D eigenvalue weighted by molar-refractivity contribution is 6.30. The summed E-state index contributed by atoms with van der Waals surface area (Å²) in [6.45, 7) is 5.80. The summed E-state index contributed by atoms with van der Waals surface area (Å²) < 4.78 is 0. The maximum Gasteiger partial charge on any atom is 0.0406 e. The summed E-state index contributed by atoms with van der Waals surface area (Å²) in [7, 11) is 0. The van der Waals surface area contributed by atoms with E-state index in [1.165, 1.54) is 50.6 Å². The minimum Gasteiger partial charge on any atom is -0.314 e. The fraction of sp³-hybridized carbons (Fsp3) is 0.667. The Kier molecular flexibility index (Phi) is 6.38. The first kappa shape index (κ1) is 15.9. The van der Waals surface area contributed by atoms with Crippen molar-refractivity contribution < 1.29 is 0 Å². The molecule has 0 radical (unpaired) electrons. The van der Waals surface area contributed by atoms with Crippen LogP contribution < -0.4 is 5.32 Å². The lowest BCUT2D eigenvalue weighted by molar-refractivity contribution is 0.269. The van der Waals surface area contributed by atoms with Crippen molar-refractivity contribution in [1.29, 1.82) is 0 Å². The molecule has 20 heavy (non-hydrogen) atoms. The van der Waals surface area contributed by atoms with Crippen LogP contribution in [0.4, 0.5) is 0 Å². The highest BCUT2D eigenvalue weighted by Gasteiger charge is 2.30. The third-order valence-corrected chi connectivity index (χ3v) is 4.97. The molecule has 1 saturated carbocycles. The van der Waals surface area contributed by atoms with E-state index < -0.39 is 0 Å². The van der Waals surface area contributed by atoms with Gasteiger partial charge in [0.2, 0.25) is 0 Å². The van der Waals surface area contributed by atoms with Gasteiger partial charge in [-0.3, -0.25) is 0 Å². The van der Waals surface area contributed by atoms with Crippen LogP contribution in [0.15, 0.2) is 24.3 Å². The van der Waals surface area contributed by atoms with Crippen molar-refractivity contribution in [1.82, 2.24) is 5.32 Å². The predicted molar refractivity (Wildman–Crippen MR) is 88.5 cm³/mol. The summed E-state index contributed by atoms with van der Waals surface area (Å²) in [6.07, 6.45) is 7.95. The number of hydrogen-bond acceptors (Lipinski definition) is 1. The van der Waals surface area contributed by atoms with Gasteiger partial charge in [-0.15, -0.1) is 0 Å². The quantitative estimate of drug-likeness (QED) is 0.677. The van der Waals surface area contributed by atoms with Crippen LogP contribution in [-0.4, -0.2) is 12.6 Å². The van der Waals surface area contributed by atoms with Gasteiger partial charge in [0.1, 0.15) is 0 Å². The van der Waals surface area contributed by atoms with Crippen molar-refractivity contribution in [3.05, 3.63) is 34.9 Å². The first-order valence-electron chi connectivity index (χ1n) is 8.21. The van der Waals surface area contributed by atoms with Gasteiger partial charge in [0.15, 0.2) is 0 Å². The maximum atomic E-state index is 5.94. The number of unbranched alkanes of at least 4 members (excludes halogenated alkanes) is 1. The summed E-state index contributed by atoms with van der Waals surface area (Å²) in [6, 6.07) is 9.11. The third kappa shape index (κ3) is 4.49. The first-order chi connectivity index (χ1) is 9.72. The van der Waals surface area contributed by atoms with Crippen LogP contribution in [0.5, 0.6) is 0 Å². The fourth-order valence-electron chi connectivity index (χ4n) is 3.07. The van der Waals surface area contributed by atoms with E-state index in [-0.39, 0.29) is 0 Å². The van der Waals surface area contributed by atoms with Gasteiger partial charge in [0.05, 0.1) is 0 Å². The smallest absolute Gasteiger partial charge is 0.0406 e. The van der Waals surface area contributed by atoms with Crippen LogP contribution in [0, 0.1) is 5.92 Å². The van der Waals surface area contributed by atoms with Gasteiger partial charge in [0.25, 0.3) is 0 Å². The van der Waals surface area contributed by atoms with E-state index in [2.05, 4.69) is 31.3 Å². The first-order valence-corrected chi connectivity index (χ1v) is 8.59.